The number of hydrogen-bond donors (Lipinski definition) is 1. The van der Waals surface area contributed by atoms with Crippen LogP contribution in [0.2, 0.25) is 0 Å². The second-order valence-corrected chi connectivity index (χ2v) is 6.06. The number of likely N-dealkylation sites (tertiary alicyclic amines) is 1. The van der Waals surface area contributed by atoms with Crippen LogP contribution in [0.25, 0.3) is 0 Å². The molecule has 22 heavy (non-hydrogen) atoms. The van der Waals surface area contributed by atoms with Crippen molar-refractivity contribution in [2.75, 3.05) is 26.2 Å². The number of piperidine rings is 1. The molecule has 0 amide bonds. The lowest BCUT2D eigenvalue weighted by Gasteiger charge is -2.36. The number of ether oxygens (including phenoxy) is 1. The molecule has 0 aliphatic carbocycles. The number of nitrogens with zero attached hydrogens (tertiary/aromatic N) is 1. The molecule has 2 aliphatic heterocycles. The van der Waals surface area contributed by atoms with Gasteiger partial charge in [0.15, 0.2) is 0 Å². The van der Waals surface area contributed by atoms with E-state index in [9.17, 15) is 13.2 Å². The first-order valence-electron chi connectivity index (χ1n) is 7.78. The van der Waals surface area contributed by atoms with E-state index in [1.54, 1.807) is 0 Å². The third-order valence-corrected chi connectivity index (χ3v) is 4.39. The number of para-hydroxylation sites is 1. The highest BCUT2D eigenvalue weighted by Gasteiger charge is 2.33. The van der Waals surface area contributed by atoms with Crippen LogP contribution in [-0.2, 0) is 0 Å². The quantitative estimate of drug-likeness (QED) is 0.928. The van der Waals surface area contributed by atoms with Crippen LogP contribution in [0.5, 0.6) is 5.75 Å². The van der Waals surface area contributed by atoms with Gasteiger partial charge in [-0.05, 0) is 32.0 Å². The van der Waals surface area contributed by atoms with E-state index in [1.807, 2.05) is 18.2 Å². The molecule has 3 rings (SSSR count). The van der Waals surface area contributed by atoms with Crippen LogP contribution in [0.3, 0.4) is 0 Å². The van der Waals surface area contributed by atoms with Crippen LogP contribution in [0.4, 0.5) is 13.2 Å². The Morgan fingerprint density at radius 2 is 1.86 bits per heavy atom. The fourth-order valence-electron chi connectivity index (χ4n) is 3.31. The lowest BCUT2D eigenvalue weighted by atomic mass is 9.97. The summed E-state index contributed by atoms with van der Waals surface area (Å²) >= 11 is 0. The highest BCUT2D eigenvalue weighted by molar-refractivity contribution is 5.37. The molecule has 1 N–H and O–H groups in total. The van der Waals surface area contributed by atoms with Gasteiger partial charge in [0, 0.05) is 24.1 Å². The van der Waals surface area contributed by atoms with E-state index < -0.39 is 12.7 Å². The Bertz CT molecular complexity index is 498. The molecular formula is C16H21F3N2O. The zero-order valence-corrected chi connectivity index (χ0v) is 12.4. The molecule has 1 fully saturated rings. The monoisotopic (exact) mass is 314 g/mol. The van der Waals surface area contributed by atoms with E-state index in [1.165, 1.54) is 4.90 Å². The van der Waals surface area contributed by atoms with Crippen molar-refractivity contribution in [1.29, 1.82) is 0 Å². The van der Waals surface area contributed by atoms with Crippen molar-refractivity contribution in [2.45, 2.75) is 37.5 Å². The van der Waals surface area contributed by atoms with Crippen molar-refractivity contribution < 1.29 is 17.9 Å². The van der Waals surface area contributed by atoms with Gasteiger partial charge in [-0.15, -0.1) is 0 Å². The Kier molecular flexibility index (Phi) is 4.59. The fraction of sp³-hybridized carbons (Fsp3) is 0.625. The van der Waals surface area contributed by atoms with Gasteiger partial charge in [0.2, 0.25) is 0 Å². The van der Waals surface area contributed by atoms with Crippen molar-refractivity contribution in [3.63, 3.8) is 0 Å². The van der Waals surface area contributed by atoms with Crippen LogP contribution < -0.4 is 10.1 Å². The predicted molar refractivity (Wildman–Crippen MR) is 77.9 cm³/mol. The minimum absolute atomic E-state index is 0.240. The first-order chi connectivity index (χ1) is 10.5. The number of hydrogen-bond acceptors (Lipinski definition) is 3. The SMILES string of the molecule is FC(F)(F)CN1CCC(NC2CCOc3ccccc32)CC1. The average Bonchev–Trinajstić information content (AvgIpc) is 2.48. The van der Waals surface area contributed by atoms with Crippen LogP contribution in [0.15, 0.2) is 24.3 Å². The molecule has 3 nitrogen and oxygen atoms in total. The van der Waals surface area contributed by atoms with E-state index in [-0.39, 0.29) is 12.1 Å². The van der Waals surface area contributed by atoms with Gasteiger partial charge in [-0.1, -0.05) is 18.2 Å². The smallest absolute Gasteiger partial charge is 0.401 e. The first kappa shape index (κ1) is 15.6. The maximum atomic E-state index is 12.4. The van der Waals surface area contributed by atoms with Crippen molar-refractivity contribution in [3.8, 4) is 5.75 Å². The molecule has 0 saturated carbocycles. The van der Waals surface area contributed by atoms with Gasteiger partial charge in [0.1, 0.15) is 5.75 Å². The van der Waals surface area contributed by atoms with Crippen LogP contribution in [0.1, 0.15) is 30.9 Å². The third kappa shape index (κ3) is 3.93. The van der Waals surface area contributed by atoms with Crippen molar-refractivity contribution in [2.24, 2.45) is 0 Å². The van der Waals surface area contributed by atoms with Crippen molar-refractivity contribution in [3.05, 3.63) is 29.8 Å². The lowest BCUT2D eigenvalue weighted by Crippen LogP contribution is -2.46. The van der Waals surface area contributed by atoms with Crippen LogP contribution in [-0.4, -0.2) is 43.4 Å². The third-order valence-electron chi connectivity index (χ3n) is 4.39. The molecular weight excluding hydrogens is 293 g/mol. The number of benzene rings is 1. The summed E-state index contributed by atoms with van der Waals surface area (Å²) < 4.78 is 42.9. The standard InChI is InChI=1S/C16H21F3N2O/c17-16(18,19)11-21-8-5-12(6-9-21)20-14-7-10-22-15-4-2-1-3-13(14)15/h1-4,12,14,20H,5-11H2. The number of alkyl halides is 3. The van der Waals surface area contributed by atoms with Gasteiger partial charge in [-0.3, -0.25) is 4.90 Å². The Morgan fingerprint density at radius 1 is 1.14 bits per heavy atom. The molecule has 0 spiro atoms. The Labute approximate surface area is 128 Å². The molecule has 6 heteroatoms. The average molecular weight is 314 g/mol. The maximum Gasteiger partial charge on any atom is 0.401 e. The van der Waals surface area contributed by atoms with Crippen molar-refractivity contribution >= 4 is 0 Å². The minimum Gasteiger partial charge on any atom is -0.493 e. The minimum atomic E-state index is -4.10. The Morgan fingerprint density at radius 3 is 2.59 bits per heavy atom. The number of fused-ring (bicyclic) bond motifs is 1. The van der Waals surface area contributed by atoms with Crippen molar-refractivity contribution in [1.82, 2.24) is 10.2 Å². The molecule has 122 valence electrons. The summed E-state index contributed by atoms with van der Waals surface area (Å²) in [5, 5.41) is 3.61. The van der Waals surface area contributed by atoms with E-state index in [0.29, 0.717) is 19.7 Å². The summed E-state index contributed by atoms with van der Waals surface area (Å²) in [6.45, 7) is 0.894. The van der Waals surface area contributed by atoms with E-state index >= 15 is 0 Å². The number of nitrogens with one attached hydrogen (secondary N) is 1. The zero-order chi connectivity index (χ0) is 15.6. The summed E-state index contributed by atoms with van der Waals surface area (Å²) in [4.78, 5) is 1.50. The Hall–Kier alpha value is -1.27. The molecule has 0 aromatic heterocycles. The normalized spacial score (nSPS) is 23.9. The molecule has 1 aromatic carbocycles. The lowest BCUT2D eigenvalue weighted by molar-refractivity contribution is -0.148. The van der Waals surface area contributed by atoms with Crippen LogP contribution in [0, 0.1) is 0 Å². The van der Waals surface area contributed by atoms with Gasteiger partial charge in [0.25, 0.3) is 0 Å². The van der Waals surface area contributed by atoms with Gasteiger partial charge in [-0.2, -0.15) is 13.2 Å². The Balaban J connectivity index is 1.54. The molecule has 1 atom stereocenters. The number of halogens is 3. The summed E-state index contributed by atoms with van der Waals surface area (Å²) in [5.41, 5.74) is 1.16. The molecule has 2 aliphatic rings. The summed E-state index contributed by atoms with van der Waals surface area (Å²) in [7, 11) is 0. The molecule has 2 heterocycles. The highest BCUT2D eigenvalue weighted by atomic mass is 19.4. The molecule has 1 aromatic rings. The largest absolute Gasteiger partial charge is 0.493 e. The molecule has 1 saturated heterocycles. The predicted octanol–water partition coefficient (Wildman–Crippen LogP) is 3.13. The van der Waals surface area contributed by atoms with E-state index in [2.05, 4.69) is 11.4 Å². The molecule has 0 radical (unpaired) electrons. The summed E-state index contributed by atoms with van der Waals surface area (Å²) in [5.74, 6) is 0.917. The topological polar surface area (TPSA) is 24.5 Å². The van der Waals surface area contributed by atoms with E-state index in [0.717, 1.165) is 30.6 Å². The summed E-state index contributed by atoms with van der Waals surface area (Å²) in [6, 6.07) is 8.50. The first-order valence-corrected chi connectivity index (χ1v) is 7.78. The van der Waals surface area contributed by atoms with E-state index in [4.69, 9.17) is 4.74 Å². The zero-order valence-electron chi connectivity index (χ0n) is 12.4. The van der Waals surface area contributed by atoms with Gasteiger partial charge < -0.3 is 10.1 Å². The second kappa shape index (κ2) is 6.46. The fourth-order valence-corrected chi connectivity index (χ4v) is 3.31. The van der Waals surface area contributed by atoms with Gasteiger partial charge in [-0.25, -0.2) is 0 Å². The summed E-state index contributed by atoms with van der Waals surface area (Å²) in [6.07, 6.45) is -1.68. The van der Waals surface area contributed by atoms with Gasteiger partial charge in [0.05, 0.1) is 13.2 Å². The van der Waals surface area contributed by atoms with Crippen LogP contribution >= 0.6 is 0 Å². The van der Waals surface area contributed by atoms with Gasteiger partial charge >= 0.3 is 6.18 Å². The second-order valence-electron chi connectivity index (χ2n) is 6.06. The highest BCUT2D eigenvalue weighted by Crippen LogP contribution is 2.32. The molecule has 1 unspecified atom stereocenters. The molecule has 0 bridgehead atoms. The number of rotatable bonds is 3. The maximum absolute atomic E-state index is 12.4.